The summed E-state index contributed by atoms with van der Waals surface area (Å²) in [5.41, 5.74) is -0.717. The molecule has 96 valence electrons. The molecule has 0 aliphatic carbocycles. The SMILES string of the molecule is CC1(C)COC(=O)c2ccccc2OC(=O)C1O. The Labute approximate surface area is 104 Å². The van der Waals surface area contributed by atoms with E-state index in [1.807, 2.05) is 0 Å². The lowest BCUT2D eigenvalue weighted by molar-refractivity contribution is -0.151. The molecule has 0 bridgehead atoms. The molecular formula is C13H14O5. The number of aliphatic hydroxyl groups is 1. The third kappa shape index (κ3) is 2.22. The minimum atomic E-state index is -1.35. The number of hydrogen-bond donors (Lipinski definition) is 1. The van der Waals surface area contributed by atoms with Crippen molar-refractivity contribution in [1.82, 2.24) is 0 Å². The molecule has 0 radical (unpaired) electrons. The molecule has 1 aliphatic heterocycles. The molecule has 0 saturated carbocycles. The van der Waals surface area contributed by atoms with Crippen molar-refractivity contribution in [3.8, 4) is 5.75 Å². The fraction of sp³-hybridized carbons (Fsp3) is 0.385. The van der Waals surface area contributed by atoms with Crippen molar-refractivity contribution in [1.29, 1.82) is 0 Å². The lowest BCUT2D eigenvalue weighted by Crippen LogP contribution is -2.41. The predicted molar refractivity (Wildman–Crippen MR) is 62.1 cm³/mol. The van der Waals surface area contributed by atoms with Gasteiger partial charge < -0.3 is 14.6 Å². The first-order valence-electron chi connectivity index (χ1n) is 5.58. The summed E-state index contributed by atoms with van der Waals surface area (Å²) in [6.07, 6.45) is -1.35. The maximum absolute atomic E-state index is 11.8. The number of carbonyl (C=O) groups excluding carboxylic acids is 2. The fourth-order valence-corrected chi connectivity index (χ4v) is 1.62. The third-order valence-electron chi connectivity index (χ3n) is 2.86. The Morgan fingerprint density at radius 1 is 1.28 bits per heavy atom. The van der Waals surface area contributed by atoms with Crippen LogP contribution in [0.2, 0.25) is 0 Å². The van der Waals surface area contributed by atoms with E-state index in [0.717, 1.165) is 0 Å². The quantitative estimate of drug-likeness (QED) is 0.552. The molecule has 1 unspecified atom stereocenters. The topological polar surface area (TPSA) is 72.8 Å². The Balaban J connectivity index is 2.43. The number of aliphatic hydroxyl groups excluding tert-OH is 1. The zero-order valence-corrected chi connectivity index (χ0v) is 10.2. The van der Waals surface area contributed by atoms with Crippen LogP contribution in [0.4, 0.5) is 0 Å². The zero-order valence-electron chi connectivity index (χ0n) is 10.2. The van der Waals surface area contributed by atoms with Crippen LogP contribution in [0, 0.1) is 5.41 Å². The number of fused-ring (bicyclic) bond motifs is 1. The smallest absolute Gasteiger partial charge is 0.341 e. The molecule has 1 aromatic rings. The summed E-state index contributed by atoms with van der Waals surface area (Å²) in [7, 11) is 0. The number of rotatable bonds is 0. The van der Waals surface area contributed by atoms with Crippen LogP contribution in [0.3, 0.4) is 0 Å². The van der Waals surface area contributed by atoms with Gasteiger partial charge in [0.05, 0.1) is 6.61 Å². The molecule has 5 heteroatoms. The Bertz CT molecular complexity index is 492. The number of benzene rings is 1. The van der Waals surface area contributed by atoms with Crippen LogP contribution in [0.1, 0.15) is 24.2 Å². The van der Waals surface area contributed by atoms with Gasteiger partial charge in [0, 0.05) is 5.41 Å². The van der Waals surface area contributed by atoms with Crippen LogP contribution < -0.4 is 4.74 Å². The molecule has 1 aliphatic rings. The summed E-state index contributed by atoms with van der Waals surface area (Å²) in [5.74, 6) is -1.25. The van der Waals surface area contributed by atoms with Crippen LogP contribution in [0.5, 0.6) is 5.75 Å². The number of hydrogen-bond acceptors (Lipinski definition) is 5. The molecule has 0 spiro atoms. The minimum Gasteiger partial charge on any atom is -0.461 e. The lowest BCUT2D eigenvalue weighted by Gasteiger charge is -2.26. The molecule has 0 aromatic heterocycles. The van der Waals surface area contributed by atoms with Crippen molar-refractivity contribution >= 4 is 11.9 Å². The summed E-state index contributed by atoms with van der Waals surface area (Å²) in [4.78, 5) is 23.6. The fourth-order valence-electron chi connectivity index (χ4n) is 1.62. The van der Waals surface area contributed by atoms with Gasteiger partial charge in [0.2, 0.25) is 0 Å². The van der Waals surface area contributed by atoms with E-state index in [0.29, 0.717) is 0 Å². The average Bonchev–Trinajstić information content (AvgIpc) is 2.37. The zero-order chi connectivity index (χ0) is 13.3. The summed E-state index contributed by atoms with van der Waals surface area (Å²) in [6, 6.07) is 6.28. The molecule has 1 N–H and O–H groups in total. The van der Waals surface area contributed by atoms with Gasteiger partial charge in [-0.1, -0.05) is 26.0 Å². The maximum atomic E-state index is 11.8. The Morgan fingerprint density at radius 2 is 1.94 bits per heavy atom. The van der Waals surface area contributed by atoms with Crippen molar-refractivity contribution in [2.75, 3.05) is 6.61 Å². The van der Waals surface area contributed by atoms with Gasteiger partial charge in [0.25, 0.3) is 0 Å². The van der Waals surface area contributed by atoms with Gasteiger partial charge in [0.15, 0.2) is 6.10 Å². The lowest BCUT2D eigenvalue weighted by atomic mass is 9.87. The second-order valence-electron chi connectivity index (χ2n) is 4.88. The van der Waals surface area contributed by atoms with E-state index in [1.165, 1.54) is 12.1 Å². The highest BCUT2D eigenvalue weighted by atomic mass is 16.6. The largest absolute Gasteiger partial charge is 0.461 e. The van der Waals surface area contributed by atoms with Crippen LogP contribution in [0.25, 0.3) is 0 Å². The monoisotopic (exact) mass is 250 g/mol. The number of para-hydroxylation sites is 1. The summed E-state index contributed by atoms with van der Waals surface area (Å²) in [6.45, 7) is 3.20. The van der Waals surface area contributed by atoms with Gasteiger partial charge in [-0.05, 0) is 12.1 Å². The molecule has 1 heterocycles. The highest BCUT2D eigenvalue weighted by Gasteiger charge is 2.38. The van der Waals surface area contributed by atoms with Gasteiger partial charge >= 0.3 is 11.9 Å². The maximum Gasteiger partial charge on any atom is 0.341 e. The Hall–Kier alpha value is -1.88. The predicted octanol–water partition coefficient (Wildman–Crippen LogP) is 1.15. The van der Waals surface area contributed by atoms with Crippen molar-refractivity contribution in [3.63, 3.8) is 0 Å². The number of cyclic esters (lactones) is 1. The summed E-state index contributed by atoms with van der Waals surface area (Å²) < 4.78 is 10.1. The van der Waals surface area contributed by atoms with Crippen molar-refractivity contribution in [2.24, 2.45) is 5.41 Å². The van der Waals surface area contributed by atoms with Crippen molar-refractivity contribution in [3.05, 3.63) is 29.8 Å². The Morgan fingerprint density at radius 3 is 2.67 bits per heavy atom. The van der Waals surface area contributed by atoms with Crippen LogP contribution in [-0.2, 0) is 9.53 Å². The molecule has 18 heavy (non-hydrogen) atoms. The first kappa shape index (κ1) is 12.6. The molecule has 0 saturated heterocycles. The number of esters is 2. The van der Waals surface area contributed by atoms with Crippen molar-refractivity contribution < 1.29 is 24.2 Å². The van der Waals surface area contributed by atoms with Gasteiger partial charge in [-0.25, -0.2) is 9.59 Å². The molecule has 2 rings (SSSR count). The summed E-state index contributed by atoms with van der Waals surface area (Å²) >= 11 is 0. The van der Waals surface area contributed by atoms with E-state index in [2.05, 4.69) is 0 Å². The molecule has 1 aromatic carbocycles. The number of ether oxygens (including phenoxy) is 2. The second kappa shape index (κ2) is 4.42. The second-order valence-corrected chi connectivity index (χ2v) is 4.88. The third-order valence-corrected chi connectivity index (χ3v) is 2.86. The molecule has 1 atom stereocenters. The molecule has 0 amide bonds. The minimum absolute atomic E-state index is 0.0591. The first-order valence-corrected chi connectivity index (χ1v) is 5.58. The highest BCUT2D eigenvalue weighted by molar-refractivity contribution is 5.94. The van der Waals surface area contributed by atoms with E-state index in [9.17, 15) is 14.7 Å². The van der Waals surface area contributed by atoms with E-state index in [4.69, 9.17) is 9.47 Å². The van der Waals surface area contributed by atoms with Gasteiger partial charge in [-0.2, -0.15) is 0 Å². The van der Waals surface area contributed by atoms with Crippen LogP contribution >= 0.6 is 0 Å². The average molecular weight is 250 g/mol. The van der Waals surface area contributed by atoms with E-state index in [-0.39, 0.29) is 17.9 Å². The number of carbonyl (C=O) groups is 2. The van der Waals surface area contributed by atoms with E-state index >= 15 is 0 Å². The Kier molecular flexibility index (Phi) is 3.09. The van der Waals surface area contributed by atoms with Gasteiger partial charge in [-0.3, -0.25) is 0 Å². The van der Waals surface area contributed by atoms with Crippen molar-refractivity contribution in [2.45, 2.75) is 20.0 Å². The molecule has 5 nitrogen and oxygen atoms in total. The van der Waals surface area contributed by atoms with Crippen LogP contribution in [0.15, 0.2) is 24.3 Å². The molecular weight excluding hydrogens is 236 g/mol. The normalized spacial score (nSPS) is 22.9. The van der Waals surface area contributed by atoms with Gasteiger partial charge in [0.1, 0.15) is 11.3 Å². The molecule has 0 fully saturated rings. The first-order chi connectivity index (χ1) is 8.42. The highest BCUT2D eigenvalue weighted by Crippen LogP contribution is 2.28. The van der Waals surface area contributed by atoms with Crippen LogP contribution in [-0.4, -0.2) is 29.8 Å². The van der Waals surface area contributed by atoms with E-state index < -0.39 is 23.5 Å². The van der Waals surface area contributed by atoms with Gasteiger partial charge in [-0.15, -0.1) is 0 Å². The van der Waals surface area contributed by atoms with E-state index in [1.54, 1.807) is 26.0 Å². The summed E-state index contributed by atoms with van der Waals surface area (Å²) in [5, 5.41) is 9.88. The standard InChI is InChI=1S/C13H14O5/c1-13(2)7-17-11(15)8-5-3-4-6-9(8)18-12(16)10(13)14/h3-6,10,14H,7H2,1-2H3.